The average Bonchev–Trinajstić information content (AvgIpc) is 3.06. The summed E-state index contributed by atoms with van der Waals surface area (Å²) in [7, 11) is 3.23. The van der Waals surface area contributed by atoms with Gasteiger partial charge < -0.3 is 13.9 Å². The molecule has 0 aliphatic rings. The van der Waals surface area contributed by atoms with Gasteiger partial charge >= 0.3 is 5.92 Å². The maximum Gasteiger partial charge on any atom is 0.302 e. The molecule has 29 heavy (non-hydrogen) atoms. The Morgan fingerprint density at radius 1 is 1.21 bits per heavy atom. The fourth-order valence-electron chi connectivity index (χ4n) is 3.38. The fraction of sp³-hybridized carbons (Fsp3) is 0.455. The van der Waals surface area contributed by atoms with Crippen molar-refractivity contribution in [1.29, 1.82) is 0 Å². The molecule has 0 saturated heterocycles. The number of aryl methyl sites for hydroxylation is 2. The molecule has 0 radical (unpaired) electrons. The molecule has 0 aliphatic heterocycles. The maximum absolute atomic E-state index is 14.2. The normalized spacial score (nSPS) is 12.6. The van der Waals surface area contributed by atoms with E-state index in [0.717, 1.165) is 18.1 Å². The third-order valence-electron chi connectivity index (χ3n) is 4.63. The molecule has 0 N–H and O–H groups in total. The van der Waals surface area contributed by atoms with Crippen LogP contribution in [0.4, 0.5) is 8.78 Å². The standard InChI is InChI=1S/C20H23F2N3O2.C2H6/c1-12-8-15(10-24(4)18(12)26)14-6-7-16-17(9-14)25(13(2)11-27-5)19(23-16)20(3,21)22;1-2/h6-10,13H,11H2,1-5H3;1-2H3/t13-;/m0./s1. The summed E-state index contributed by atoms with van der Waals surface area (Å²) in [6, 6.07) is 6.90. The predicted octanol–water partition coefficient (Wildman–Crippen LogP) is 5.06. The van der Waals surface area contributed by atoms with Crippen molar-refractivity contribution in [3.63, 3.8) is 0 Å². The molecule has 1 atom stereocenters. The van der Waals surface area contributed by atoms with E-state index in [1.54, 1.807) is 32.3 Å². The Morgan fingerprint density at radius 2 is 1.86 bits per heavy atom. The number of imidazole rings is 1. The number of benzene rings is 1. The Labute approximate surface area is 169 Å². The summed E-state index contributed by atoms with van der Waals surface area (Å²) in [5, 5.41) is 0. The van der Waals surface area contributed by atoms with Crippen LogP contribution in [-0.2, 0) is 17.7 Å². The van der Waals surface area contributed by atoms with Gasteiger partial charge in [-0.1, -0.05) is 19.9 Å². The topological polar surface area (TPSA) is 49.1 Å². The van der Waals surface area contributed by atoms with Gasteiger partial charge in [0.2, 0.25) is 0 Å². The highest BCUT2D eigenvalue weighted by Crippen LogP contribution is 2.34. The van der Waals surface area contributed by atoms with Gasteiger partial charge in [-0.25, -0.2) is 4.98 Å². The van der Waals surface area contributed by atoms with Crippen LogP contribution in [-0.4, -0.2) is 27.8 Å². The van der Waals surface area contributed by atoms with Gasteiger partial charge in [-0.2, -0.15) is 8.78 Å². The Balaban J connectivity index is 0.00000145. The van der Waals surface area contributed by atoms with Gasteiger partial charge in [0.15, 0.2) is 5.82 Å². The molecule has 2 heterocycles. The van der Waals surface area contributed by atoms with Crippen LogP contribution in [0.1, 0.15) is 45.1 Å². The lowest BCUT2D eigenvalue weighted by Crippen LogP contribution is -2.21. The Bertz CT molecular complexity index is 1020. The first-order valence-electron chi connectivity index (χ1n) is 9.70. The van der Waals surface area contributed by atoms with Crippen molar-refractivity contribution >= 4 is 11.0 Å². The zero-order chi connectivity index (χ0) is 21.9. The van der Waals surface area contributed by atoms with E-state index in [2.05, 4.69) is 4.98 Å². The molecular formula is C22H29F2N3O2. The monoisotopic (exact) mass is 405 g/mol. The van der Waals surface area contributed by atoms with Gasteiger partial charge in [-0.15, -0.1) is 0 Å². The fourth-order valence-corrected chi connectivity index (χ4v) is 3.38. The molecule has 3 aromatic rings. The van der Waals surface area contributed by atoms with E-state index in [-0.39, 0.29) is 24.0 Å². The molecule has 1 aromatic carbocycles. The molecule has 0 unspecified atom stereocenters. The zero-order valence-electron chi connectivity index (χ0n) is 18.1. The molecule has 158 valence electrons. The van der Waals surface area contributed by atoms with Crippen molar-refractivity contribution in [2.24, 2.45) is 7.05 Å². The summed E-state index contributed by atoms with van der Waals surface area (Å²) in [5.41, 5.74) is 3.34. The van der Waals surface area contributed by atoms with Crippen molar-refractivity contribution in [2.75, 3.05) is 13.7 Å². The highest BCUT2D eigenvalue weighted by molar-refractivity contribution is 5.83. The van der Waals surface area contributed by atoms with Crippen molar-refractivity contribution in [3.05, 3.63) is 52.2 Å². The lowest BCUT2D eigenvalue weighted by atomic mass is 10.1. The van der Waals surface area contributed by atoms with Crippen molar-refractivity contribution in [2.45, 2.75) is 46.6 Å². The molecule has 5 nitrogen and oxygen atoms in total. The lowest BCUT2D eigenvalue weighted by Gasteiger charge is -2.20. The molecule has 0 aliphatic carbocycles. The summed E-state index contributed by atoms with van der Waals surface area (Å²) >= 11 is 0. The quantitative estimate of drug-likeness (QED) is 0.596. The van der Waals surface area contributed by atoms with Gasteiger partial charge in [0.25, 0.3) is 5.56 Å². The summed E-state index contributed by atoms with van der Waals surface area (Å²) in [6.07, 6.45) is 1.74. The van der Waals surface area contributed by atoms with E-state index >= 15 is 0 Å². The lowest BCUT2D eigenvalue weighted by molar-refractivity contribution is 0.00182. The summed E-state index contributed by atoms with van der Waals surface area (Å²) in [5.74, 6) is -3.36. The van der Waals surface area contributed by atoms with Crippen molar-refractivity contribution in [1.82, 2.24) is 14.1 Å². The number of methoxy groups -OCH3 is 1. The number of nitrogens with zero attached hydrogens (tertiary/aromatic N) is 3. The third kappa shape index (κ3) is 4.56. The molecular weight excluding hydrogens is 376 g/mol. The molecule has 0 spiro atoms. The van der Waals surface area contributed by atoms with E-state index in [4.69, 9.17) is 4.74 Å². The van der Waals surface area contributed by atoms with Crippen LogP contribution in [0.2, 0.25) is 0 Å². The smallest absolute Gasteiger partial charge is 0.302 e. The van der Waals surface area contributed by atoms with E-state index in [9.17, 15) is 13.6 Å². The molecule has 0 bridgehead atoms. The van der Waals surface area contributed by atoms with Crippen LogP contribution >= 0.6 is 0 Å². The number of rotatable bonds is 5. The van der Waals surface area contributed by atoms with Crippen LogP contribution in [0.5, 0.6) is 0 Å². The minimum Gasteiger partial charge on any atom is -0.383 e. The third-order valence-corrected chi connectivity index (χ3v) is 4.63. The van der Waals surface area contributed by atoms with Crippen LogP contribution in [0, 0.1) is 6.92 Å². The Morgan fingerprint density at radius 3 is 2.41 bits per heavy atom. The minimum atomic E-state index is -3.07. The predicted molar refractivity (Wildman–Crippen MR) is 113 cm³/mol. The number of aromatic nitrogens is 3. The number of halogens is 2. The Hall–Kier alpha value is -2.54. The van der Waals surface area contributed by atoms with Gasteiger partial charge in [0, 0.05) is 32.8 Å². The average molecular weight is 405 g/mol. The largest absolute Gasteiger partial charge is 0.383 e. The second-order valence-corrected chi connectivity index (χ2v) is 7.03. The molecule has 0 amide bonds. The van der Waals surface area contributed by atoms with Crippen LogP contribution in [0.15, 0.2) is 35.3 Å². The van der Waals surface area contributed by atoms with E-state index < -0.39 is 5.92 Å². The summed E-state index contributed by atoms with van der Waals surface area (Å²) < 4.78 is 36.6. The molecule has 0 saturated carbocycles. The second kappa shape index (κ2) is 8.86. The molecule has 3 rings (SSSR count). The van der Waals surface area contributed by atoms with E-state index in [1.165, 1.54) is 16.2 Å². The Kier molecular flexibility index (Phi) is 6.95. The number of pyridine rings is 1. The van der Waals surface area contributed by atoms with E-state index in [1.807, 2.05) is 32.9 Å². The number of alkyl halides is 2. The number of ether oxygens (including phenoxy) is 1. The molecule has 2 aromatic heterocycles. The number of hydrogen-bond acceptors (Lipinski definition) is 3. The van der Waals surface area contributed by atoms with Crippen LogP contribution in [0.3, 0.4) is 0 Å². The second-order valence-electron chi connectivity index (χ2n) is 7.03. The number of hydrogen-bond donors (Lipinski definition) is 0. The van der Waals surface area contributed by atoms with Gasteiger partial charge in [-0.3, -0.25) is 4.79 Å². The summed E-state index contributed by atoms with van der Waals surface area (Å²) in [4.78, 5) is 16.1. The minimum absolute atomic E-state index is 0.0634. The van der Waals surface area contributed by atoms with Gasteiger partial charge in [0.05, 0.1) is 23.7 Å². The SMILES string of the molecule is CC.COC[C@H](C)n1c(C(C)(F)F)nc2ccc(-c3cc(C)c(=O)n(C)c3)cc21. The zero-order valence-corrected chi connectivity index (χ0v) is 18.1. The van der Waals surface area contributed by atoms with Crippen LogP contribution in [0.25, 0.3) is 22.2 Å². The van der Waals surface area contributed by atoms with Crippen molar-refractivity contribution in [3.8, 4) is 11.1 Å². The maximum atomic E-state index is 14.2. The first-order chi connectivity index (χ1) is 13.6. The number of fused-ring (bicyclic) bond motifs is 1. The van der Waals surface area contributed by atoms with Crippen LogP contribution < -0.4 is 5.56 Å². The van der Waals surface area contributed by atoms with Gasteiger partial charge in [0.1, 0.15) is 0 Å². The molecule has 7 heteroatoms. The molecule has 0 fully saturated rings. The first-order valence-corrected chi connectivity index (χ1v) is 9.70. The highest BCUT2D eigenvalue weighted by atomic mass is 19.3. The summed E-state index contributed by atoms with van der Waals surface area (Å²) in [6.45, 7) is 8.72. The highest BCUT2D eigenvalue weighted by Gasteiger charge is 2.33. The van der Waals surface area contributed by atoms with E-state index in [0.29, 0.717) is 16.6 Å². The van der Waals surface area contributed by atoms with Gasteiger partial charge in [-0.05, 0) is 43.2 Å². The first kappa shape index (κ1) is 22.7. The van der Waals surface area contributed by atoms with Crippen molar-refractivity contribution < 1.29 is 13.5 Å².